The SMILES string of the molecule is [C-]#[N+]/C(C#N)=C1C=C(/C=C/c2cc3c4c(c2)C(C[Si](C)(C)C)([Si](C)(C)C)CCN4CCC3(C)C)OC(c2c(C)cc(C)cc2C)=C\1. The van der Waals surface area contributed by atoms with Crippen LogP contribution in [0.3, 0.4) is 0 Å². The number of nitriles is 1. The van der Waals surface area contributed by atoms with Gasteiger partial charge in [0.15, 0.2) is 0 Å². The molecule has 0 spiro atoms. The zero-order valence-corrected chi connectivity index (χ0v) is 31.9. The monoisotopic (exact) mass is 645 g/mol. The van der Waals surface area contributed by atoms with Crippen LogP contribution in [0.1, 0.15) is 65.6 Å². The first-order chi connectivity index (χ1) is 21.4. The fraction of sp³-hybridized carbons (Fsp3) is 0.450. The number of allylic oxidation sites excluding steroid dienone is 5. The van der Waals surface area contributed by atoms with Gasteiger partial charge in [-0.1, -0.05) is 82.9 Å². The second kappa shape index (κ2) is 11.9. The smallest absolute Gasteiger partial charge is 0.269 e. The highest BCUT2D eigenvalue weighted by atomic mass is 28.3. The number of ether oxygens (including phenoxy) is 1. The topological polar surface area (TPSA) is 40.6 Å². The standard InChI is InChI=1S/C40H51N3OSi2/c1-27-19-28(2)37(29(3)20-27)36-24-31(35(25-41)42-6)23-32(44-36)14-13-30-21-33-38-34(22-30)40(46(10,11)12,26-45(7,8)9)16-18-43(38)17-15-39(33,4)5/h13-14,19-24H,15-18,26H2,1-5,7-12H3/b14-13+,35-31+. The van der Waals surface area contributed by atoms with E-state index in [-0.39, 0.29) is 16.2 Å². The van der Waals surface area contributed by atoms with Crippen LogP contribution < -0.4 is 4.90 Å². The van der Waals surface area contributed by atoms with Crippen LogP contribution in [-0.4, -0.2) is 29.2 Å². The van der Waals surface area contributed by atoms with Gasteiger partial charge in [-0.25, -0.2) is 10.1 Å². The molecular formula is C40H51N3OSi2. The Bertz CT molecular complexity index is 1760. The van der Waals surface area contributed by atoms with Crippen molar-refractivity contribution in [2.24, 2.45) is 0 Å². The van der Waals surface area contributed by atoms with Gasteiger partial charge in [-0.2, -0.15) is 0 Å². The molecule has 0 N–H and O–H groups in total. The molecule has 5 rings (SSSR count). The Labute approximate surface area is 280 Å². The molecular weight excluding hydrogens is 595 g/mol. The van der Waals surface area contributed by atoms with E-state index in [0.29, 0.717) is 17.1 Å². The first-order valence-corrected chi connectivity index (χ1v) is 23.9. The molecule has 1 atom stereocenters. The van der Waals surface area contributed by atoms with Gasteiger partial charge in [-0.05, 0) is 108 Å². The molecule has 0 saturated heterocycles. The van der Waals surface area contributed by atoms with Gasteiger partial charge in [0.25, 0.3) is 5.70 Å². The Kier molecular flexibility index (Phi) is 8.73. The molecule has 2 aromatic rings. The minimum atomic E-state index is -1.65. The molecule has 0 fully saturated rings. The lowest BCUT2D eigenvalue weighted by atomic mass is 9.73. The second-order valence-corrected chi connectivity index (χ2v) is 27.6. The van der Waals surface area contributed by atoms with E-state index in [4.69, 9.17) is 11.3 Å². The van der Waals surface area contributed by atoms with Gasteiger partial charge in [-0.3, -0.25) is 0 Å². The predicted molar refractivity (Wildman–Crippen MR) is 200 cm³/mol. The lowest BCUT2D eigenvalue weighted by Crippen LogP contribution is -2.58. The molecule has 0 aliphatic carbocycles. The molecule has 3 aliphatic rings. The van der Waals surface area contributed by atoms with Crippen LogP contribution in [0.25, 0.3) is 16.7 Å². The van der Waals surface area contributed by atoms with Crippen molar-refractivity contribution in [2.45, 2.75) is 103 Å². The molecule has 6 heteroatoms. The highest BCUT2D eigenvalue weighted by molar-refractivity contribution is 6.83. The average Bonchev–Trinajstić information content (AvgIpc) is 2.93. The van der Waals surface area contributed by atoms with Gasteiger partial charge in [0.05, 0.1) is 20.7 Å². The summed E-state index contributed by atoms with van der Waals surface area (Å²) < 4.78 is 6.56. The van der Waals surface area contributed by atoms with Gasteiger partial charge < -0.3 is 9.64 Å². The van der Waals surface area contributed by atoms with Gasteiger partial charge in [0, 0.05) is 32.4 Å². The molecule has 46 heavy (non-hydrogen) atoms. The van der Waals surface area contributed by atoms with Crippen molar-refractivity contribution in [3.05, 3.63) is 110 Å². The summed E-state index contributed by atoms with van der Waals surface area (Å²) in [6.45, 7) is 36.4. The molecule has 3 aliphatic heterocycles. The van der Waals surface area contributed by atoms with E-state index in [1.807, 2.05) is 18.2 Å². The third-order valence-corrected chi connectivity index (χ3v) is 16.0. The Morgan fingerprint density at radius 3 is 2.17 bits per heavy atom. The number of benzene rings is 2. The summed E-state index contributed by atoms with van der Waals surface area (Å²) in [4.78, 5) is 6.23. The molecule has 0 bridgehead atoms. The number of hydrogen-bond acceptors (Lipinski definition) is 3. The van der Waals surface area contributed by atoms with E-state index in [1.54, 1.807) is 5.56 Å². The van der Waals surface area contributed by atoms with Crippen LogP contribution in [0, 0.1) is 38.7 Å². The number of rotatable bonds is 6. The summed E-state index contributed by atoms with van der Waals surface area (Å²) in [5.41, 5.74) is 10.9. The number of nitrogens with zero attached hydrogens (tertiary/aromatic N) is 3. The van der Waals surface area contributed by atoms with Crippen LogP contribution in [-0.2, 0) is 15.2 Å². The third kappa shape index (κ3) is 6.23. The fourth-order valence-corrected chi connectivity index (χ4v) is 16.0. The van der Waals surface area contributed by atoms with E-state index in [0.717, 1.165) is 36.2 Å². The zero-order valence-electron chi connectivity index (χ0n) is 29.9. The van der Waals surface area contributed by atoms with Crippen LogP contribution in [0.4, 0.5) is 5.69 Å². The number of hydrogen-bond donors (Lipinski definition) is 0. The molecule has 0 radical (unpaired) electrons. The van der Waals surface area contributed by atoms with E-state index >= 15 is 0 Å². The van der Waals surface area contributed by atoms with Gasteiger partial charge >= 0.3 is 0 Å². The molecule has 0 amide bonds. The molecule has 240 valence electrons. The maximum Gasteiger partial charge on any atom is 0.269 e. The highest BCUT2D eigenvalue weighted by Gasteiger charge is 2.52. The Morgan fingerprint density at radius 1 is 0.957 bits per heavy atom. The van der Waals surface area contributed by atoms with E-state index in [2.05, 4.69) is 120 Å². The zero-order chi connectivity index (χ0) is 33.8. The largest absolute Gasteiger partial charge is 0.457 e. The summed E-state index contributed by atoms with van der Waals surface area (Å²) in [6.07, 6.45) is 10.3. The van der Waals surface area contributed by atoms with Gasteiger partial charge in [0.1, 0.15) is 11.5 Å². The van der Waals surface area contributed by atoms with Crippen molar-refractivity contribution in [1.29, 1.82) is 5.26 Å². The van der Waals surface area contributed by atoms with Crippen LogP contribution in [0.15, 0.2) is 59.5 Å². The summed E-state index contributed by atoms with van der Waals surface area (Å²) in [5.74, 6) is 1.31. The predicted octanol–water partition coefficient (Wildman–Crippen LogP) is 10.6. The molecule has 2 aromatic carbocycles. The fourth-order valence-electron chi connectivity index (χ4n) is 8.22. The number of aryl methyl sites for hydroxylation is 3. The van der Waals surface area contributed by atoms with Crippen molar-refractivity contribution in [2.75, 3.05) is 18.0 Å². The average molecular weight is 646 g/mol. The highest BCUT2D eigenvalue weighted by Crippen LogP contribution is 2.55. The lowest BCUT2D eigenvalue weighted by Gasteiger charge is -2.56. The first kappa shape index (κ1) is 33.8. The molecule has 0 saturated carbocycles. The van der Waals surface area contributed by atoms with Crippen LogP contribution in [0.2, 0.25) is 45.3 Å². The summed E-state index contributed by atoms with van der Waals surface area (Å²) in [7, 11) is -3.05. The maximum atomic E-state index is 9.78. The van der Waals surface area contributed by atoms with Crippen molar-refractivity contribution in [3.8, 4) is 6.07 Å². The minimum Gasteiger partial charge on any atom is -0.457 e. The van der Waals surface area contributed by atoms with E-state index in [1.165, 1.54) is 34.8 Å². The minimum absolute atomic E-state index is 0.0698. The Morgan fingerprint density at radius 2 is 1.59 bits per heavy atom. The van der Waals surface area contributed by atoms with Crippen molar-refractivity contribution in [3.63, 3.8) is 0 Å². The van der Waals surface area contributed by atoms with Crippen LogP contribution in [0.5, 0.6) is 0 Å². The summed E-state index contributed by atoms with van der Waals surface area (Å²) in [6, 6.07) is 12.6. The maximum absolute atomic E-state index is 9.78. The Balaban J connectivity index is 1.67. The molecule has 1 unspecified atom stereocenters. The normalized spacial score (nSPS) is 21.9. The van der Waals surface area contributed by atoms with Crippen molar-refractivity contribution < 1.29 is 4.74 Å². The van der Waals surface area contributed by atoms with Crippen molar-refractivity contribution >= 4 is 33.7 Å². The number of anilines is 1. The van der Waals surface area contributed by atoms with E-state index < -0.39 is 16.1 Å². The van der Waals surface area contributed by atoms with Gasteiger partial charge in [-0.15, -0.1) is 0 Å². The second-order valence-electron chi connectivity index (χ2n) is 16.7. The quantitative estimate of drug-likeness (QED) is 0.178. The molecule has 0 aromatic heterocycles. The lowest BCUT2D eigenvalue weighted by molar-refractivity contribution is 0.396. The van der Waals surface area contributed by atoms with E-state index in [9.17, 15) is 5.26 Å². The third-order valence-electron chi connectivity index (χ3n) is 10.4. The summed E-state index contributed by atoms with van der Waals surface area (Å²) in [5, 5.41) is 10.0. The van der Waals surface area contributed by atoms with Crippen molar-refractivity contribution in [1.82, 2.24) is 0 Å². The molecule has 3 heterocycles. The summed E-state index contributed by atoms with van der Waals surface area (Å²) >= 11 is 0. The first-order valence-electron chi connectivity index (χ1n) is 16.7. The van der Waals surface area contributed by atoms with Crippen LogP contribution >= 0.6 is 0 Å². The van der Waals surface area contributed by atoms with Gasteiger partial charge in [0.2, 0.25) is 0 Å². The Hall–Kier alpha value is -3.59. The molecule has 4 nitrogen and oxygen atoms in total.